The molecule has 2 aliphatic rings. The fraction of sp³-hybridized carbons (Fsp3) is 0.536. The predicted octanol–water partition coefficient (Wildman–Crippen LogP) is 4.70. The number of rotatable bonds is 6. The number of phenolic OH excluding ortho intramolecular Hbond substituents is 2. The van der Waals surface area contributed by atoms with Crippen LogP contribution in [0.4, 0.5) is 0 Å². The number of hydrogen-bond acceptors (Lipinski definition) is 5. The number of likely N-dealkylation sites (tertiary alicyclic amines) is 1. The molecule has 0 bridgehead atoms. The summed E-state index contributed by atoms with van der Waals surface area (Å²) in [6.07, 6.45) is 1.73. The molecule has 2 aliphatic heterocycles. The number of phenols is 2. The van der Waals surface area contributed by atoms with Gasteiger partial charge in [-0.15, -0.1) is 11.8 Å². The van der Waals surface area contributed by atoms with Crippen molar-refractivity contribution in [2.75, 3.05) is 19.6 Å². The molecule has 6 heteroatoms. The molecule has 2 aromatic carbocycles. The zero-order valence-electron chi connectivity index (χ0n) is 20.8. The highest BCUT2D eigenvalue weighted by Gasteiger charge is 2.39. The van der Waals surface area contributed by atoms with Crippen LogP contribution < -0.4 is 5.32 Å². The lowest BCUT2D eigenvalue weighted by Crippen LogP contribution is -2.54. The Kier molecular flexibility index (Phi) is 7.48. The molecule has 34 heavy (non-hydrogen) atoms. The van der Waals surface area contributed by atoms with E-state index in [9.17, 15) is 15.0 Å². The lowest BCUT2D eigenvalue weighted by molar-refractivity contribution is -0.121. The molecule has 0 aromatic heterocycles. The van der Waals surface area contributed by atoms with E-state index in [1.165, 1.54) is 5.56 Å². The lowest BCUT2D eigenvalue weighted by atomic mass is 9.68. The second kappa shape index (κ2) is 10.2. The fourth-order valence-corrected chi connectivity index (χ4v) is 6.48. The molecule has 1 amide bonds. The Bertz CT molecular complexity index is 1030. The van der Waals surface area contributed by atoms with E-state index in [4.69, 9.17) is 0 Å². The maximum atomic E-state index is 13.2. The van der Waals surface area contributed by atoms with Crippen LogP contribution in [0, 0.1) is 11.8 Å². The van der Waals surface area contributed by atoms with Gasteiger partial charge in [0.25, 0.3) is 0 Å². The summed E-state index contributed by atoms with van der Waals surface area (Å²) in [7, 11) is 0. The van der Waals surface area contributed by atoms with Crippen molar-refractivity contribution in [3.63, 3.8) is 0 Å². The lowest BCUT2D eigenvalue weighted by Gasteiger charge is -2.46. The number of carbonyl (C=O) groups is 1. The van der Waals surface area contributed by atoms with Gasteiger partial charge in [0, 0.05) is 24.9 Å². The fourth-order valence-electron chi connectivity index (χ4n) is 5.31. The van der Waals surface area contributed by atoms with E-state index in [0.29, 0.717) is 24.0 Å². The summed E-state index contributed by atoms with van der Waals surface area (Å²) in [4.78, 5) is 15.7. The highest BCUT2D eigenvalue weighted by atomic mass is 32.2. The van der Waals surface area contributed by atoms with Gasteiger partial charge in [-0.25, -0.2) is 0 Å². The van der Waals surface area contributed by atoms with Crippen LogP contribution >= 0.6 is 11.8 Å². The van der Waals surface area contributed by atoms with Gasteiger partial charge in [-0.1, -0.05) is 45.9 Å². The molecule has 1 fully saturated rings. The summed E-state index contributed by atoms with van der Waals surface area (Å²) >= 11 is 1.66. The standard InChI is InChI=1S/C28H38N2O3S/c1-18(2)25(29-27(33)26-13-20-8-9-24(32)12-21(20)17-34-26)16-30-11-10-28(4,19(3)15-30)22-6-5-7-23(31)14-22/h5-9,12,14,18-19,25-26,31-32H,10-11,13,15-17H2,1-4H3,(H,29,33)/t19-,25+,26-,28+/m0/s1. The molecular weight excluding hydrogens is 444 g/mol. The van der Waals surface area contributed by atoms with E-state index < -0.39 is 0 Å². The average Bonchev–Trinajstić information content (AvgIpc) is 2.80. The van der Waals surface area contributed by atoms with Crippen molar-refractivity contribution in [1.82, 2.24) is 10.2 Å². The first kappa shape index (κ1) is 24.9. The molecule has 2 heterocycles. The number of hydrogen-bond donors (Lipinski definition) is 3. The summed E-state index contributed by atoms with van der Waals surface area (Å²) in [5.74, 6) is 2.28. The molecule has 0 aliphatic carbocycles. The molecule has 0 unspecified atom stereocenters. The number of amides is 1. The summed E-state index contributed by atoms with van der Waals surface area (Å²) in [5.41, 5.74) is 3.53. The highest BCUT2D eigenvalue weighted by molar-refractivity contribution is 7.99. The van der Waals surface area contributed by atoms with Crippen molar-refractivity contribution < 1.29 is 15.0 Å². The molecule has 0 radical (unpaired) electrons. The minimum atomic E-state index is -0.0902. The van der Waals surface area contributed by atoms with Crippen molar-refractivity contribution in [3.05, 3.63) is 59.2 Å². The van der Waals surface area contributed by atoms with Crippen molar-refractivity contribution in [3.8, 4) is 11.5 Å². The Hall–Kier alpha value is -2.18. The van der Waals surface area contributed by atoms with Crippen LogP contribution in [0.3, 0.4) is 0 Å². The van der Waals surface area contributed by atoms with Crippen LogP contribution in [0.1, 0.15) is 50.8 Å². The van der Waals surface area contributed by atoms with Gasteiger partial charge in [-0.05, 0) is 77.6 Å². The van der Waals surface area contributed by atoms with Crippen LogP contribution in [0.5, 0.6) is 11.5 Å². The third kappa shape index (κ3) is 5.38. The van der Waals surface area contributed by atoms with E-state index in [-0.39, 0.29) is 28.4 Å². The molecule has 4 atom stereocenters. The maximum Gasteiger partial charge on any atom is 0.233 e. The Morgan fingerprint density at radius 1 is 1.18 bits per heavy atom. The molecule has 0 spiro atoms. The zero-order chi connectivity index (χ0) is 24.5. The highest BCUT2D eigenvalue weighted by Crippen LogP contribution is 2.40. The van der Waals surface area contributed by atoms with Crippen LogP contribution in [0.2, 0.25) is 0 Å². The third-order valence-electron chi connectivity index (χ3n) is 7.99. The Morgan fingerprint density at radius 2 is 1.94 bits per heavy atom. The van der Waals surface area contributed by atoms with Gasteiger partial charge in [0.15, 0.2) is 0 Å². The second-order valence-corrected chi connectivity index (χ2v) is 11.9. The van der Waals surface area contributed by atoms with Gasteiger partial charge in [0.05, 0.1) is 5.25 Å². The number of nitrogens with one attached hydrogen (secondary N) is 1. The predicted molar refractivity (Wildman–Crippen MR) is 139 cm³/mol. The topological polar surface area (TPSA) is 72.8 Å². The van der Waals surface area contributed by atoms with Crippen LogP contribution in [0.25, 0.3) is 0 Å². The maximum absolute atomic E-state index is 13.2. The average molecular weight is 483 g/mol. The van der Waals surface area contributed by atoms with Crippen molar-refractivity contribution in [2.45, 2.75) is 63.0 Å². The van der Waals surface area contributed by atoms with Gasteiger partial charge in [0.1, 0.15) is 11.5 Å². The molecular formula is C28H38N2O3S. The molecule has 0 saturated carbocycles. The van der Waals surface area contributed by atoms with E-state index in [0.717, 1.165) is 42.9 Å². The van der Waals surface area contributed by atoms with Gasteiger partial charge in [-0.3, -0.25) is 4.79 Å². The van der Waals surface area contributed by atoms with Crippen molar-refractivity contribution in [2.24, 2.45) is 11.8 Å². The van der Waals surface area contributed by atoms with E-state index >= 15 is 0 Å². The molecule has 3 N–H and O–H groups in total. The molecule has 1 saturated heterocycles. The number of fused-ring (bicyclic) bond motifs is 1. The van der Waals surface area contributed by atoms with Gasteiger partial charge < -0.3 is 20.4 Å². The van der Waals surface area contributed by atoms with Gasteiger partial charge in [-0.2, -0.15) is 0 Å². The zero-order valence-corrected chi connectivity index (χ0v) is 21.6. The molecule has 5 nitrogen and oxygen atoms in total. The number of nitrogens with zero attached hydrogens (tertiary/aromatic N) is 1. The monoisotopic (exact) mass is 482 g/mol. The summed E-state index contributed by atoms with van der Waals surface area (Å²) in [6.45, 7) is 11.8. The number of piperidine rings is 1. The van der Waals surface area contributed by atoms with Crippen LogP contribution in [-0.2, 0) is 22.4 Å². The van der Waals surface area contributed by atoms with Crippen molar-refractivity contribution in [1.29, 1.82) is 0 Å². The molecule has 2 aromatic rings. The minimum absolute atomic E-state index is 0.0341. The summed E-state index contributed by atoms with van der Waals surface area (Å²) < 4.78 is 0. The molecule has 4 rings (SSSR count). The normalized spacial score (nSPS) is 26.1. The Balaban J connectivity index is 1.36. The van der Waals surface area contributed by atoms with E-state index in [1.54, 1.807) is 23.9 Å². The SMILES string of the molecule is CC(C)[C@@H](CN1CC[C@@](C)(c2cccc(O)c2)[C@@H](C)C1)NC(=O)[C@@H]1Cc2ccc(O)cc2CS1. The number of thioether (sulfide) groups is 1. The van der Waals surface area contributed by atoms with Gasteiger partial charge in [0.2, 0.25) is 5.91 Å². The number of benzene rings is 2. The number of carbonyl (C=O) groups excluding carboxylic acids is 1. The Morgan fingerprint density at radius 3 is 2.65 bits per heavy atom. The van der Waals surface area contributed by atoms with E-state index in [2.05, 4.69) is 44.0 Å². The first-order valence-electron chi connectivity index (χ1n) is 12.4. The first-order valence-corrected chi connectivity index (χ1v) is 13.4. The largest absolute Gasteiger partial charge is 0.508 e. The quantitative estimate of drug-likeness (QED) is 0.557. The van der Waals surface area contributed by atoms with Gasteiger partial charge >= 0.3 is 0 Å². The second-order valence-electron chi connectivity index (χ2n) is 10.7. The Labute approximate surface area is 207 Å². The van der Waals surface area contributed by atoms with Crippen LogP contribution in [-0.4, -0.2) is 51.9 Å². The molecule has 184 valence electrons. The summed E-state index contributed by atoms with van der Waals surface area (Å²) in [6, 6.07) is 13.3. The first-order chi connectivity index (χ1) is 16.2. The van der Waals surface area contributed by atoms with Crippen molar-refractivity contribution >= 4 is 17.7 Å². The minimum Gasteiger partial charge on any atom is -0.508 e. The number of aromatic hydroxyl groups is 2. The third-order valence-corrected chi connectivity index (χ3v) is 9.25. The smallest absolute Gasteiger partial charge is 0.233 e. The summed E-state index contributed by atoms with van der Waals surface area (Å²) in [5, 5.41) is 23.0. The van der Waals surface area contributed by atoms with E-state index in [1.807, 2.05) is 24.3 Å². The van der Waals surface area contributed by atoms with Crippen LogP contribution in [0.15, 0.2) is 42.5 Å².